The van der Waals surface area contributed by atoms with Gasteiger partial charge in [-0.15, -0.1) is 0 Å². The fraction of sp³-hybridized carbons (Fsp3) is 0.765. The smallest absolute Gasteiger partial charge is 0.312 e. The molecule has 4 unspecified atom stereocenters. The summed E-state index contributed by atoms with van der Waals surface area (Å²) in [4.78, 5) is 63.5. The van der Waals surface area contributed by atoms with E-state index in [-0.39, 0.29) is 95.6 Å². The van der Waals surface area contributed by atoms with Crippen molar-refractivity contribution in [2.75, 3.05) is 26.4 Å². The van der Waals surface area contributed by atoms with E-state index in [0.29, 0.717) is 73.0 Å². The highest BCUT2D eigenvalue weighted by Gasteiger charge is 2.63. The first-order valence-corrected chi connectivity index (χ1v) is 38.2. The normalized spacial score (nSPS) is 40.9. The summed E-state index contributed by atoms with van der Waals surface area (Å²) in [6.07, 6.45) is 42.3. The Morgan fingerprint density at radius 1 is 0.355 bits per heavy atom. The summed E-state index contributed by atoms with van der Waals surface area (Å²) in [5, 5.41) is 0. The molecule has 512 valence electrons. The summed E-state index contributed by atoms with van der Waals surface area (Å²) in [6, 6.07) is 0. The maximum atomic E-state index is 15.9. The molecule has 93 heavy (non-hydrogen) atoms. The van der Waals surface area contributed by atoms with E-state index >= 15 is 19.2 Å². The third kappa shape index (κ3) is 11.6. The van der Waals surface area contributed by atoms with Crippen LogP contribution in [-0.4, -0.2) is 50.3 Å². The highest BCUT2D eigenvalue weighted by atomic mass is 16.6. The lowest BCUT2D eigenvalue weighted by Gasteiger charge is -2.57. The fourth-order valence-corrected chi connectivity index (χ4v) is 24.1. The summed E-state index contributed by atoms with van der Waals surface area (Å²) in [5.74, 6) is 2.68. The van der Waals surface area contributed by atoms with Gasteiger partial charge in [0.05, 0.1) is 21.7 Å². The second-order valence-corrected chi connectivity index (χ2v) is 36.7. The van der Waals surface area contributed by atoms with E-state index in [0.717, 1.165) is 128 Å². The standard InChI is InChI=1S/C85H124O8/c1-53(2)57-21-29-65-61(45-57)25-33-69-77(65,9)37-17-41-81(69,13)73(86)90-49-85(50-91-74(87)82(14)42-18-38-78(10)66-30-22-58(54(3)4)46-62(66)26-34-70(78)82,51-92-75(88)83(15)43-19-39-79(11)67-31-23-59(55(5)6)47-63(67)27-35-71(79)83)52-93-76(89)84(16)44-20-40-80(12)68-32-24-60(56(7)8)48-64(68)28-36-72(80)84/h25-28,45-48,53-56,65-72H,17-24,29-44,49-52H2,1-16H3/t65-,66-,67-,68-,69?,70?,71?,72?,77-,78-,79-,80-,81+,82+,83+,84+,85?/m1/s1. The highest BCUT2D eigenvalue weighted by molar-refractivity contribution is 5.80. The van der Waals surface area contributed by atoms with Crippen molar-refractivity contribution in [1.82, 2.24) is 0 Å². The van der Waals surface area contributed by atoms with Gasteiger partial charge in [0.25, 0.3) is 0 Å². The summed E-state index contributed by atoms with van der Waals surface area (Å²) < 4.78 is 28.0. The molecule has 0 aromatic carbocycles. The molecule has 0 saturated heterocycles. The Hall–Kier alpha value is -4.20. The van der Waals surface area contributed by atoms with Crippen LogP contribution in [0, 0.1) is 120 Å². The van der Waals surface area contributed by atoms with Gasteiger partial charge < -0.3 is 18.9 Å². The highest BCUT2D eigenvalue weighted by Crippen LogP contribution is 2.67. The number of carbonyl (C=O) groups excluding carboxylic acids is 4. The topological polar surface area (TPSA) is 105 Å². The monoisotopic (exact) mass is 1270 g/mol. The van der Waals surface area contributed by atoms with Crippen molar-refractivity contribution >= 4 is 23.9 Å². The number of esters is 4. The second-order valence-electron chi connectivity index (χ2n) is 36.7. The Balaban J connectivity index is 0.898. The molecule has 12 aliphatic rings. The van der Waals surface area contributed by atoms with Crippen molar-refractivity contribution in [2.45, 2.75) is 265 Å². The first kappa shape index (κ1) is 68.7. The maximum absolute atomic E-state index is 15.9. The lowest BCUT2D eigenvalue weighted by atomic mass is 9.47. The molecule has 0 aromatic heterocycles. The zero-order valence-electron chi connectivity index (χ0n) is 61.1. The van der Waals surface area contributed by atoms with Crippen molar-refractivity contribution in [3.63, 3.8) is 0 Å². The Kier molecular flexibility index (Phi) is 18.7. The number of ether oxygens (including phenoxy) is 4. The molecule has 0 aromatic rings. The van der Waals surface area contributed by atoms with Crippen molar-refractivity contribution < 1.29 is 38.1 Å². The third-order valence-electron chi connectivity index (χ3n) is 30.2. The fourth-order valence-electron chi connectivity index (χ4n) is 24.1. The predicted octanol–water partition coefficient (Wildman–Crippen LogP) is 20.7. The number of hydrogen-bond acceptors (Lipinski definition) is 8. The molecule has 0 N–H and O–H groups in total. The molecule has 0 aliphatic heterocycles. The van der Waals surface area contributed by atoms with Crippen LogP contribution in [0.3, 0.4) is 0 Å². The number of fused-ring (bicyclic) bond motifs is 12. The van der Waals surface area contributed by atoms with E-state index in [4.69, 9.17) is 18.9 Å². The summed E-state index contributed by atoms with van der Waals surface area (Å²) in [5.41, 5.74) is 6.82. The number of carbonyl (C=O) groups is 4. The van der Waals surface area contributed by atoms with Gasteiger partial charge in [0.15, 0.2) is 0 Å². The van der Waals surface area contributed by atoms with Crippen molar-refractivity contribution in [3.05, 3.63) is 93.2 Å². The van der Waals surface area contributed by atoms with Crippen LogP contribution in [0.1, 0.15) is 265 Å². The molecule has 8 nitrogen and oxygen atoms in total. The SMILES string of the molecule is CC(C)C1=CC2=CCC3[C@](C)(CCC[C@]3(C)C(=O)OCC(COC(=O)[C@@]3(C)CCC[C@@]4(C)C3CC=C3C=C(C(C)C)CC[C@H]34)(COC(=O)[C@@]3(C)CCC[C@@]4(C)C3CC=C3C=C(C(C)C)CC[C@H]34)COC(=O)[C@@]3(C)CCC[C@@]4(C)C3CC=C3C=C(C(C)C)CC[C@H]34)[C@@H]2CC1. The number of rotatable bonds is 16. The Morgan fingerprint density at radius 3 is 0.753 bits per heavy atom. The van der Waals surface area contributed by atoms with Gasteiger partial charge in [-0.25, -0.2) is 0 Å². The summed E-state index contributed by atoms with van der Waals surface area (Å²) in [7, 11) is 0. The van der Waals surface area contributed by atoms with Gasteiger partial charge in [0.1, 0.15) is 31.8 Å². The van der Waals surface area contributed by atoms with E-state index < -0.39 is 27.1 Å². The van der Waals surface area contributed by atoms with E-state index in [1.807, 2.05) is 0 Å². The molecule has 12 aliphatic carbocycles. The van der Waals surface area contributed by atoms with Crippen LogP contribution in [0.4, 0.5) is 0 Å². The third-order valence-corrected chi connectivity index (χ3v) is 30.2. The van der Waals surface area contributed by atoms with Gasteiger partial charge in [0, 0.05) is 0 Å². The predicted molar refractivity (Wildman–Crippen MR) is 374 cm³/mol. The van der Waals surface area contributed by atoms with E-state index in [2.05, 4.69) is 159 Å². The van der Waals surface area contributed by atoms with E-state index in [1.165, 1.54) is 44.6 Å². The molecule has 8 heteroatoms. The molecule has 0 spiro atoms. The van der Waals surface area contributed by atoms with Gasteiger partial charge in [0.2, 0.25) is 0 Å². The number of allylic oxidation sites excluding steroid dienone is 16. The molecule has 0 heterocycles. The molecule has 16 atom stereocenters. The zero-order valence-corrected chi connectivity index (χ0v) is 61.1. The average Bonchev–Trinajstić information content (AvgIpc) is 0.747. The van der Waals surface area contributed by atoms with Gasteiger partial charge in [-0.3, -0.25) is 19.2 Å². The van der Waals surface area contributed by atoms with Gasteiger partial charge in [-0.1, -0.05) is 180 Å². The largest absolute Gasteiger partial charge is 0.464 e. The lowest BCUT2D eigenvalue weighted by molar-refractivity contribution is -0.196. The van der Waals surface area contributed by atoms with Crippen LogP contribution in [0.5, 0.6) is 0 Å². The van der Waals surface area contributed by atoms with Crippen molar-refractivity contribution in [2.24, 2.45) is 120 Å². The van der Waals surface area contributed by atoms with Crippen LogP contribution in [0.25, 0.3) is 0 Å². The molecular weight excluding hydrogens is 1150 g/mol. The van der Waals surface area contributed by atoms with E-state index in [9.17, 15) is 0 Å². The average molecular weight is 1270 g/mol. The second kappa shape index (κ2) is 25.3. The first-order valence-electron chi connectivity index (χ1n) is 38.2. The van der Waals surface area contributed by atoms with Crippen LogP contribution in [0.2, 0.25) is 0 Å². The summed E-state index contributed by atoms with van der Waals surface area (Å²) in [6.45, 7) is 35.9. The first-order chi connectivity index (χ1) is 43.9. The maximum Gasteiger partial charge on any atom is 0.312 e. The Morgan fingerprint density at radius 2 is 0.559 bits per heavy atom. The Bertz CT molecular complexity index is 2780. The van der Waals surface area contributed by atoms with Gasteiger partial charge in [-0.2, -0.15) is 0 Å². The lowest BCUT2D eigenvalue weighted by Crippen LogP contribution is -2.56. The van der Waals surface area contributed by atoms with Crippen LogP contribution in [-0.2, 0) is 38.1 Å². The Labute approximate surface area is 563 Å². The van der Waals surface area contributed by atoms with Crippen molar-refractivity contribution in [1.29, 1.82) is 0 Å². The van der Waals surface area contributed by atoms with Crippen LogP contribution >= 0.6 is 0 Å². The molecule has 0 amide bonds. The van der Waals surface area contributed by atoms with Crippen LogP contribution in [0.15, 0.2) is 93.2 Å². The minimum Gasteiger partial charge on any atom is -0.464 e. The number of hydrogen-bond donors (Lipinski definition) is 0. The van der Waals surface area contributed by atoms with Gasteiger partial charge >= 0.3 is 23.9 Å². The summed E-state index contributed by atoms with van der Waals surface area (Å²) >= 11 is 0. The van der Waals surface area contributed by atoms with E-state index in [1.54, 1.807) is 0 Å². The quantitative estimate of drug-likeness (QED) is 0.111. The van der Waals surface area contributed by atoms with Crippen LogP contribution < -0.4 is 0 Å². The zero-order chi connectivity index (χ0) is 66.6. The molecule has 0 radical (unpaired) electrons. The molecule has 12 rings (SSSR count). The molecule has 4 fully saturated rings. The minimum absolute atomic E-state index is 0.0589. The molecular formula is C85H124O8. The van der Waals surface area contributed by atoms with Gasteiger partial charge in [-0.05, 0) is 271 Å². The minimum atomic E-state index is -1.42. The van der Waals surface area contributed by atoms with Crippen molar-refractivity contribution in [3.8, 4) is 0 Å². The molecule has 4 saturated carbocycles. The molecule has 0 bridgehead atoms.